The number of likely N-dealkylation sites (tertiary alicyclic amines) is 1. The summed E-state index contributed by atoms with van der Waals surface area (Å²) in [5, 5.41) is 0.655. The van der Waals surface area contributed by atoms with E-state index in [4.69, 9.17) is 27.9 Å². The van der Waals surface area contributed by atoms with Crippen molar-refractivity contribution in [3.05, 3.63) is 22.8 Å². The standard InChI is InChI=1S/C17H23Cl2NO2/c18-14-4-3-5-15(19)13(14)11-22-17-7-2-1-6-16(17)20-9-8-12(21)10-20/h3-4,15-17H,1-2,5-11H2/t15?,16-,17?/m1/s1. The maximum atomic E-state index is 11.6. The first kappa shape index (κ1) is 16.5. The second kappa shape index (κ2) is 7.48. The van der Waals surface area contributed by atoms with E-state index in [1.807, 2.05) is 12.2 Å². The van der Waals surface area contributed by atoms with Crippen LogP contribution in [-0.4, -0.2) is 47.9 Å². The smallest absolute Gasteiger partial charge is 0.148 e. The molecule has 1 saturated heterocycles. The summed E-state index contributed by atoms with van der Waals surface area (Å²) in [5.74, 6) is 0.355. The largest absolute Gasteiger partial charge is 0.372 e. The first-order valence-electron chi connectivity index (χ1n) is 8.21. The average Bonchev–Trinajstić information content (AvgIpc) is 2.93. The molecule has 1 aliphatic heterocycles. The van der Waals surface area contributed by atoms with E-state index in [9.17, 15) is 4.79 Å². The van der Waals surface area contributed by atoms with Crippen molar-refractivity contribution in [3.8, 4) is 0 Å². The van der Waals surface area contributed by atoms with Gasteiger partial charge in [-0.3, -0.25) is 9.69 Å². The van der Waals surface area contributed by atoms with E-state index in [-0.39, 0.29) is 11.5 Å². The Kier molecular flexibility index (Phi) is 5.61. The molecule has 0 N–H and O–H groups in total. The molecule has 2 unspecified atom stereocenters. The van der Waals surface area contributed by atoms with Crippen LogP contribution in [-0.2, 0) is 9.53 Å². The van der Waals surface area contributed by atoms with Gasteiger partial charge >= 0.3 is 0 Å². The Hall–Kier alpha value is -0.350. The summed E-state index contributed by atoms with van der Waals surface area (Å²) in [7, 11) is 0. The lowest BCUT2D eigenvalue weighted by atomic mass is 9.91. The Bertz CT molecular complexity index is 489. The van der Waals surface area contributed by atoms with Crippen LogP contribution in [0.3, 0.4) is 0 Å². The van der Waals surface area contributed by atoms with E-state index in [1.165, 1.54) is 12.8 Å². The molecule has 0 aromatic carbocycles. The first-order valence-corrected chi connectivity index (χ1v) is 9.03. The molecule has 3 atom stereocenters. The number of nitrogens with zero attached hydrogens (tertiary/aromatic N) is 1. The Morgan fingerprint density at radius 2 is 2.14 bits per heavy atom. The molecule has 0 bridgehead atoms. The van der Waals surface area contributed by atoms with Gasteiger partial charge in [-0.05, 0) is 30.9 Å². The number of hydrogen-bond acceptors (Lipinski definition) is 3. The number of allylic oxidation sites excluding steroid dienone is 3. The molecule has 3 aliphatic rings. The number of ketones is 1. The van der Waals surface area contributed by atoms with Crippen molar-refractivity contribution in [2.24, 2.45) is 0 Å². The highest BCUT2D eigenvalue weighted by Crippen LogP contribution is 2.31. The lowest BCUT2D eigenvalue weighted by molar-refractivity contribution is -0.117. The van der Waals surface area contributed by atoms with E-state index >= 15 is 0 Å². The zero-order chi connectivity index (χ0) is 15.5. The summed E-state index contributed by atoms with van der Waals surface area (Å²) in [6.45, 7) is 1.98. The zero-order valence-electron chi connectivity index (χ0n) is 12.8. The van der Waals surface area contributed by atoms with Crippen molar-refractivity contribution in [3.63, 3.8) is 0 Å². The van der Waals surface area contributed by atoms with E-state index in [2.05, 4.69) is 4.90 Å². The zero-order valence-corrected chi connectivity index (χ0v) is 14.3. The molecule has 5 heteroatoms. The number of hydrogen-bond donors (Lipinski definition) is 0. The minimum Gasteiger partial charge on any atom is -0.372 e. The van der Waals surface area contributed by atoms with Crippen LogP contribution in [0.2, 0.25) is 0 Å². The summed E-state index contributed by atoms with van der Waals surface area (Å²) in [6, 6.07) is 0.368. The van der Waals surface area contributed by atoms with Gasteiger partial charge in [0.15, 0.2) is 0 Å². The molecule has 1 heterocycles. The lowest BCUT2D eigenvalue weighted by Crippen LogP contribution is -2.46. The summed E-state index contributed by atoms with van der Waals surface area (Å²) < 4.78 is 6.21. The Morgan fingerprint density at radius 1 is 1.32 bits per heavy atom. The fourth-order valence-corrected chi connectivity index (χ4v) is 4.29. The maximum Gasteiger partial charge on any atom is 0.148 e. The highest BCUT2D eigenvalue weighted by molar-refractivity contribution is 6.33. The maximum absolute atomic E-state index is 11.6. The van der Waals surface area contributed by atoms with Gasteiger partial charge in [-0.1, -0.05) is 30.5 Å². The van der Waals surface area contributed by atoms with E-state index in [1.54, 1.807) is 0 Å². The summed E-state index contributed by atoms with van der Waals surface area (Å²) >= 11 is 12.6. The van der Waals surface area contributed by atoms with Gasteiger partial charge in [0.2, 0.25) is 0 Å². The van der Waals surface area contributed by atoms with Gasteiger partial charge < -0.3 is 4.74 Å². The topological polar surface area (TPSA) is 29.5 Å². The van der Waals surface area contributed by atoms with Crippen LogP contribution in [0.15, 0.2) is 22.8 Å². The normalized spacial score (nSPS) is 33.7. The van der Waals surface area contributed by atoms with E-state index in [0.29, 0.717) is 31.4 Å². The van der Waals surface area contributed by atoms with Crippen molar-refractivity contribution in [2.75, 3.05) is 19.7 Å². The molecule has 0 radical (unpaired) electrons. The quantitative estimate of drug-likeness (QED) is 0.729. The molecule has 0 aromatic rings. The minimum absolute atomic E-state index is 0.0621. The van der Waals surface area contributed by atoms with Gasteiger partial charge in [0.05, 0.1) is 24.6 Å². The fourth-order valence-electron chi connectivity index (χ4n) is 3.67. The van der Waals surface area contributed by atoms with Crippen LogP contribution in [0.25, 0.3) is 0 Å². The van der Waals surface area contributed by atoms with Crippen molar-refractivity contribution in [1.29, 1.82) is 0 Å². The molecule has 2 aliphatic carbocycles. The molecule has 1 saturated carbocycles. The fraction of sp³-hybridized carbons (Fsp3) is 0.706. The SMILES string of the molecule is O=C1CCN([C@@H]2CCCCC2OCC2=C(Cl)C=CCC2Cl)C1. The van der Waals surface area contributed by atoms with Gasteiger partial charge in [0.1, 0.15) is 5.78 Å². The van der Waals surface area contributed by atoms with Gasteiger partial charge in [0, 0.05) is 24.0 Å². The molecule has 122 valence electrons. The summed E-state index contributed by atoms with van der Waals surface area (Å²) in [6.07, 6.45) is 10.2. The molecular formula is C17H23Cl2NO2. The molecule has 0 aromatic heterocycles. The number of Topliss-reactive ketones (excluding diaryl/α,β-unsaturated/α-hetero) is 1. The van der Waals surface area contributed by atoms with Crippen molar-refractivity contribution < 1.29 is 9.53 Å². The molecule has 3 rings (SSSR count). The molecular weight excluding hydrogens is 321 g/mol. The van der Waals surface area contributed by atoms with Crippen LogP contribution in [0, 0.1) is 0 Å². The number of alkyl halides is 1. The molecule has 22 heavy (non-hydrogen) atoms. The van der Waals surface area contributed by atoms with Crippen molar-refractivity contribution >= 4 is 29.0 Å². The first-order chi connectivity index (χ1) is 10.6. The molecule has 3 nitrogen and oxygen atoms in total. The van der Waals surface area contributed by atoms with Crippen LogP contribution in [0.5, 0.6) is 0 Å². The second-order valence-corrected chi connectivity index (χ2v) is 7.37. The van der Waals surface area contributed by atoms with Crippen LogP contribution >= 0.6 is 23.2 Å². The van der Waals surface area contributed by atoms with Gasteiger partial charge in [-0.2, -0.15) is 0 Å². The number of rotatable bonds is 4. The van der Waals surface area contributed by atoms with Crippen LogP contribution < -0.4 is 0 Å². The Balaban J connectivity index is 1.62. The van der Waals surface area contributed by atoms with Gasteiger partial charge in [0.25, 0.3) is 0 Å². The van der Waals surface area contributed by atoms with E-state index in [0.717, 1.165) is 36.4 Å². The van der Waals surface area contributed by atoms with Crippen LogP contribution in [0.4, 0.5) is 0 Å². The Morgan fingerprint density at radius 3 is 2.86 bits per heavy atom. The van der Waals surface area contributed by atoms with Gasteiger partial charge in [-0.25, -0.2) is 0 Å². The van der Waals surface area contributed by atoms with Crippen molar-refractivity contribution in [2.45, 2.75) is 56.0 Å². The number of ether oxygens (including phenoxy) is 1. The monoisotopic (exact) mass is 343 g/mol. The molecule has 2 fully saturated rings. The van der Waals surface area contributed by atoms with Gasteiger partial charge in [-0.15, -0.1) is 11.6 Å². The molecule has 0 spiro atoms. The average molecular weight is 344 g/mol. The Labute approximate surface area is 142 Å². The van der Waals surface area contributed by atoms with E-state index < -0.39 is 0 Å². The second-order valence-electron chi connectivity index (χ2n) is 6.44. The van der Waals surface area contributed by atoms with Crippen molar-refractivity contribution in [1.82, 2.24) is 4.90 Å². The number of carbonyl (C=O) groups is 1. The lowest BCUT2D eigenvalue weighted by Gasteiger charge is -2.37. The predicted octanol–water partition coefficient (Wildman–Crippen LogP) is 3.65. The van der Waals surface area contributed by atoms with Crippen LogP contribution in [0.1, 0.15) is 38.5 Å². The molecule has 0 amide bonds. The highest BCUT2D eigenvalue weighted by atomic mass is 35.5. The third-order valence-corrected chi connectivity index (χ3v) is 5.75. The third-order valence-electron chi connectivity index (χ3n) is 4.94. The summed E-state index contributed by atoms with van der Waals surface area (Å²) in [5.41, 5.74) is 0.993. The predicted molar refractivity (Wildman–Crippen MR) is 89.5 cm³/mol. The number of carbonyl (C=O) groups excluding carboxylic acids is 1. The third kappa shape index (κ3) is 3.76. The number of halogens is 2. The highest BCUT2D eigenvalue weighted by Gasteiger charge is 2.35. The minimum atomic E-state index is -0.0621. The summed E-state index contributed by atoms with van der Waals surface area (Å²) in [4.78, 5) is 13.9.